The van der Waals surface area contributed by atoms with Gasteiger partial charge < -0.3 is 24.3 Å². The number of rotatable bonds is 6. The molecule has 0 unspecified atom stereocenters. The van der Waals surface area contributed by atoms with Crippen LogP contribution in [0.3, 0.4) is 0 Å². The number of esters is 1. The lowest BCUT2D eigenvalue weighted by atomic mass is 9.84. The highest BCUT2D eigenvalue weighted by atomic mass is 32.1. The van der Waals surface area contributed by atoms with Crippen LogP contribution >= 0.6 is 11.3 Å². The molecule has 4 aliphatic rings. The fourth-order valence-corrected chi connectivity index (χ4v) is 9.90. The number of carbonyl (C=O) groups is 3. The normalized spacial score (nSPS) is 21.7. The number of hydrogen-bond donors (Lipinski definition) is 2. The smallest absolute Gasteiger partial charge is 0.408 e. The van der Waals surface area contributed by atoms with Crippen LogP contribution in [-0.4, -0.2) is 112 Å². The van der Waals surface area contributed by atoms with Gasteiger partial charge in [-0.05, 0) is 82.6 Å². The van der Waals surface area contributed by atoms with E-state index in [4.69, 9.17) is 19.4 Å². The molecule has 6 heterocycles. The number of nitrogens with one attached hydrogen (secondary N) is 2. The minimum atomic E-state index is -4.55. The molecule has 3 fully saturated rings. The van der Waals surface area contributed by atoms with Crippen molar-refractivity contribution in [3.8, 4) is 22.5 Å². The minimum absolute atomic E-state index is 0.0285. The largest absolute Gasteiger partial charge is 0.464 e. The summed E-state index contributed by atoms with van der Waals surface area (Å²) in [6.07, 6.45) is 0.211. The van der Waals surface area contributed by atoms with Crippen LogP contribution in [0, 0.1) is 5.41 Å². The van der Waals surface area contributed by atoms with E-state index in [1.165, 1.54) is 33.8 Å². The summed E-state index contributed by atoms with van der Waals surface area (Å²) in [7, 11) is 0. The fourth-order valence-electron chi connectivity index (χ4n) is 9.05. The Balaban J connectivity index is 1.27. The number of cyclic esters (lactones) is 1. The second-order valence-electron chi connectivity index (χ2n) is 19.6. The van der Waals surface area contributed by atoms with Crippen LogP contribution in [0.25, 0.3) is 33.4 Å². The van der Waals surface area contributed by atoms with Crippen molar-refractivity contribution >= 4 is 45.9 Å². The molecule has 3 aliphatic heterocycles. The first-order chi connectivity index (χ1) is 29.7. The average Bonchev–Trinajstić information content (AvgIpc) is 3.90. The van der Waals surface area contributed by atoms with Gasteiger partial charge in [-0.25, -0.2) is 15.2 Å². The summed E-state index contributed by atoms with van der Waals surface area (Å²) in [5.41, 5.74) is 6.51. The third kappa shape index (κ3) is 10.3. The van der Waals surface area contributed by atoms with Gasteiger partial charge in [0.15, 0.2) is 0 Å². The Bertz CT molecular complexity index is 2360. The van der Waals surface area contributed by atoms with Gasteiger partial charge in [0.25, 0.3) is 5.91 Å². The maximum absolute atomic E-state index is 14.9. The molecule has 0 spiro atoms. The Hall–Kier alpha value is -4.74. The Kier molecular flexibility index (Phi) is 12.3. The first-order valence-corrected chi connectivity index (χ1v) is 23.0. The topological polar surface area (TPSA) is 134 Å². The summed E-state index contributed by atoms with van der Waals surface area (Å²) >= 11 is 1.31. The van der Waals surface area contributed by atoms with E-state index in [0.717, 1.165) is 31.9 Å². The molecule has 8 rings (SSSR count). The van der Waals surface area contributed by atoms with E-state index in [9.17, 15) is 27.6 Å². The maximum Gasteiger partial charge on any atom is 0.408 e. The quantitative estimate of drug-likeness (QED) is 0.185. The first-order valence-electron chi connectivity index (χ1n) is 22.1. The molecule has 2 N–H and O–H groups in total. The Morgan fingerprint density at radius 2 is 1.81 bits per heavy atom. The number of alkyl carbamates (subject to hydrolysis) is 1. The number of thiazole rings is 1. The van der Waals surface area contributed by atoms with Gasteiger partial charge in [0.1, 0.15) is 24.2 Å². The summed E-state index contributed by atoms with van der Waals surface area (Å²) in [4.78, 5) is 55.7. The van der Waals surface area contributed by atoms with E-state index in [1.807, 2.05) is 51.4 Å². The van der Waals surface area contributed by atoms with Crippen LogP contribution in [0.4, 0.5) is 23.7 Å². The van der Waals surface area contributed by atoms with E-state index in [-0.39, 0.29) is 25.4 Å². The number of piperazine rings is 1. The SMILES string of the molecule is CC(C)c1ncc(N2CCN(C3CC3)CC2)cc1-c1c2c3cc(ccc3n1CC(F)(F)F)-c1csc(n1)C[C@H](NC(=O)OC(C)(C)C)C(=O)N1CCC[C@H](N1)C(=O)OCC(C)(C)C2. The van der Waals surface area contributed by atoms with Gasteiger partial charge in [-0.2, -0.15) is 13.2 Å². The number of alkyl halides is 3. The van der Waals surface area contributed by atoms with E-state index in [2.05, 4.69) is 20.5 Å². The van der Waals surface area contributed by atoms with Crippen molar-refractivity contribution in [3.63, 3.8) is 0 Å². The molecular weight excluding hydrogens is 834 g/mol. The molecule has 1 saturated carbocycles. The predicted molar refractivity (Wildman–Crippen MR) is 236 cm³/mol. The molecule has 4 aromatic rings. The van der Waals surface area contributed by atoms with Crippen molar-refractivity contribution in [2.24, 2.45) is 5.41 Å². The molecule has 0 radical (unpaired) electrons. The van der Waals surface area contributed by atoms with Gasteiger partial charge in [0, 0.05) is 78.0 Å². The second kappa shape index (κ2) is 17.3. The predicted octanol–water partition coefficient (Wildman–Crippen LogP) is 7.85. The van der Waals surface area contributed by atoms with Crippen molar-refractivity contribution in [2.45, 2.75) is 129 Å². The average molecular weight is 893 g/mol. The highest BCUT2D eigenvalue weighted by molar-refractivity contribution is 7.10. The van der Waals surface area contributed by atoms with Gasteiger partial charge in [0.05, 0.1) is 40.6 Å². The number of ether oxygens (including phenoxy) is 2. The van der Waals surface area contributed by atoms with Gasteiger partial charge in [-0.15, -0.1) is 11.3 Å². The first kappa shape index (κ1) is 44.9. The van der Waals surface area contributed by atoms with Gasteiger partial charge in [-0.1, -0.05) is 33.8 Å². The number of hydrogen-bond acceptors (Lipinski definition) is 11. The number of amides is 2. The Labute approximate surface area is 370 Å². The van der Waals surface area contributed by atoms with E-state index in [0.29, 0.717) is 75.1 Å². The lowest BCUT2D eigenvalue weighted by molar-refractivity contribution is -0.155. The molecule has 6 bridgehead atoms. The van der Waals surface area contributed by atoms with Gasteiger partial charge in [0.2, 0.25) is 0 Å². The summed E-state index contributed by atoms with van der Waals surface area (Å²) in [6.45, 7) is 15.6. The van der Waals surface area contributed by atoms with Crippen LogP contribution in [0.1, 0.15) is 96.3 Å². The molecule has 13 nitrogen and oxygen atoms in total. The molecule has 2 amide bonds. The molecule has 17 heteroatoms. The van der Waals surface area contributed by atoms with Crippen molar-refractivity contribution in [3.05, 3.63) is 52.1 Å². The number of hydrazine groups is 1. The molecule has 2 atom stereocenters. The molecular formula is C46H59F3N8O5S. The van der Waals surface area contributed by atoms with Gasteiger partial charge in [-0.3, -0.25) is 24.5 Å². The number of halogens is 3. The Morgan fingerprint density at radius 1 is 1.06 bits per heavy atom. The summed E-state index contributed by atoms with van der Waals surface area (Å²) in [5, 5.41) is 7.12. The van der Waals surface area contributed by atoms with Crippen molar-refractivity contribution in [1.82, 2.24) is 35.2 Å². The molecule has 340 valence electrons. The Morgan fingerprint density at radius 3 is 2.49 bits per heavy atom. The van der Waals surface area contributed by atoms with Crippen LogP contribution in [0.2, 0.25) is 0 Å². The van der Waals surface area contributed by atoms with E-state index in [1.54, 1.807) is 32.9 Å². The number of nitrogens with zero attached hydrogens (tertiary/aromatic N) is 6. The molecule has 3 aromatic heterocycles. The van der Waals surface area contributed by atoms with Crippen LogP contribution in [0.5, 0.6) is 0 Å². The number of pyridine rings is 1. The summed E-state index contributed by atoms with van der Waals surface area (Å²) in [6, 6.07) is 6.16. The number of anilines is 1. The van der Waals surface area contributed by atoms with Crippen molar-refractivity contribution < 1.29 is 37.0 Å². The second-order valence-corrected chi connectivity index (χ2v) is 20.5. The van der Waals surface area contributed by atoms with Crippen LogP contribution in [-0.2, 0) is 38.4 Å². The summed E-state index contributed by atoms with van der Waals surface area (Å²) < 4.78 is 57.6. The van der Waals surface area contributed by atoms with Crippen LogP contribution < -0.4 is 15.6 Å². The number of carbonyl (C=O) groups excluding carboxylic acids is 3. The number of aromatic nitrogens is 3. The zero-order chi connectivity index (χ0) is 45.0. The van der Waals surface area contributed by atoms with Gasteiger partial charge >= 0.3 is 18.2 Å². The van der Waals surface area contributed by atoms with Crippen molar-refractivity contribution in [2.75, 3.05) is 44.2 Å². The third-order valence-electron chi connectivity index (χ3n) is 12.2. The summed E-state index contributed by atoms with van der Waals surface area (Å²) in [5.74, 6) is -1.11. The maximum atomic E-state index is 14.9. The molecule has 1 aromatic carbocycles. The van der Waals surface area contributed by atoms with E-state index < -0.39 is 53.8 Å². The fraction of sp³-hybridized carbons (Fsp3) is 0.587. The zero-order valence-corrected chi connectivity index (χ0v) is 38.0. The number of fused-ring (bicyclic) bond motifs is 6. The van der Waals surface area contributed by atoms with Crippen LogP contribution in [0.15, 0.2) is 35.8 Å². The van der Waals surface area contributed by atoms with E-state index >= 15 is 0 Å². The zero-order valence-electron chi connectivity index (χ0n) is 37.2. The molecule has 2 saturated heterocycles. The highest BCUT2D eigenvalue weighted by Gasteiger charge is 2.38. The molecule has 63 heavy (non-hydrogen) atoms. The minimum Gasteiger partial charge on any atom is -0.464 e. The lowest BCUT2D eigenvalue weighted by Gasteiger charge is -2.36. The highest BCUT2D eigenvalue weighted by Crippen LogP contribution is 2.44. The standard InChI is InChI=1S/C46H59F3N8O5S/c1-27(2)39-32(20-30(23-50-39)55-17-15-54(16-18-55)29-11-12-29)40-33-22-45(6,7)26-61-42(59)34-9-8-14-57(53-34)41(58)35(52-43(60)62-44(3,4)5)21-38-51-36(24-63-38)28-10-13-37(31(33)19-28)56(40)25-46(47,48)49/h10,13,19-20,23-24,27,29,34-35,53H,8-9,11-12,14-18,21-22,25-26H2,1-7H3,(H,52,60)/t34-,35-/m0/s1. The monoisotopic (exact) mass is 892 g/mol. The molecule has 1 aliphatic carbocycles. The lowest BCUT2D eigenvalue weighted by Crippen LogP contribution is -2.60. The van der Waals surface area contributed by atoms with Crippen molar-refractivity contribution in [1.29, 1.82) is 0 Å². The third-order valence-corrected chi connectivity index (χ3v) is 13.0. The number of benzene rings is 1.